The molecule has 0 aliphatic carbocycles. The van der Waals surface area contributed by atoms with E-state index < -0.39 is 0 Å². The van der Waals surface area contributed by atoms with Crippen molar-refractivity contribution in [2.75, 3.05) is 0 Å². The number of hydrogen-bond donors (Lipinski definition) is 1. The predicted molar refractivity (Wildman–Crippen MR) is 59.1 cm³/mol. The van der Waals surface area contributed by atoms with E-state index in [0.29, 0.717) is 0 Å². The fourth-order valence-corrected chi connectivity index (χ4v) is 1.30. The van der Waals surface area contributed by atoms with Crippen molar-refractivity contribution in [3.63, 3.8) is 0 Å². The van der Waals surface area contributed by atoms with Crippen LogP contribution in [-0.4, -0.2) is 10.9 Å². The summed E-state index contributed by atoms with van der Waals surface area (Å²) in [6.45, 7) is 7.99. The zero-order chi connectivity index (χ0) is 10.8. The van der Waals surface area contributed by atoms with Crippen LogP contribution in [0.1, 0.15) is 31.9 Å². The lowest BCUT2D eigenvalue weighted by Gasteiger charge is -2.24. The van der Waals surface area contributed by atoms with Gasteiger partial charge in [-0.25, -0.2) is 0 Å². The average molecular weight is 191 g/mol. The predicted octanol–water partition coefficient (Wildman–Crippen LogP) is 3.12. The van der Waals surface area contributed by atoms with Crippen LogP contribution in [0, 0.1) is 6.92 Å². The largest absolute Gasteiger partial charge is 0.411 e. The van der Waals surface area contributed by atoms with Crippen LogP contribution in [-0.2, 0) is 5.41 Å². The summed E-state index contributed by atoms with van der Waals surface area (Å²) in [5.74, 6) is 0. The lowest BCUT2D eigenvalue weighted by Crippen LogP contribution is -2.26. The zero-order valence-electron chi connectivity index (χ0n) is 9.20. The van der Waals surface area contributed by atoms with Gasteiger partial charge in [-0.1, -0.05) is 48.8 Å². The Morgan fingerprint density at radius 1 is 1.21 bits per heavy atom. The first-order valence-corrected chi connectivity index (χ1v) is 4.74. The van der Waals surface area contributed by atoms with Crippen molar-refractivity contribution in [3.05, 3.63) is 35.4 Å². The Morgan fingerprint density at radius 2 is 1.71 bits per heavy atom. The fourth-order valence-electron chi connectivity index (χ4n) is 1.30. The molecule has 0 aliphatic heterocycles. The third kappa shape index (κ3) is 1.95. The Labute approximate surface area is 85.3 Å². The molecule has 14 heavy (non-hydrogen) atoms. The molecule has 2 heteroatoms. The molecule has 0 aromatic heterocycles. The molecule has 1 aromatic carbocycles. The Morgan fingerprint density at radius 3 is 2.14 bits per heavy atom. The number of benzene rings is 1. The SMILES string of the molecule is CC(=NO)C(C)(C)c1ccc(C)cc1. The maximum absolute atomic E-state index is 8.77. The van der Waals surface area contributed by atoms with Gasteiger partial charge >= 0.3 is 0 Å². The summed E-state index contributed by atoms with van der Waals surface area (Å²) in [6, 6.07) is 8.29. The van der Waals surface area contributed by atoms with Gasteiger partial charge in [-0.2, -0.15) is 0 Å². The van der Waals surface area contributed by atoms with E-state index in [4.69, 9.17) is 5.21 Å². The van der Waals surface area contributed by atoms with Crippen molar-refractivity contribution in [2.45, 2.75) is 33.1 Å². The second-order valence-electron chi connectivity index (χ2n) is 4.18. The van der Waals surface area contributed by atoms with Gasteiger partial charge in [0.2, 0.25) is 0 Å². The molecule has 0 aliphatic rings. The summed E-state index contributed by atoms with van der Waals surface area (Å²) in [4.78, 5) is 0. The monoisotopic (exact) mass is 191 g/mol. The standard InChI is InChI=1S/C12H17NO/c1-9-5-7-11(8-6-9)12(3,4)10(2)13-14/h5-8,14H,1-4H3. The van der Waals surface area contributed by atoms with Gasteiger partial charge < -0.3 is 5.21 Å². The Hall–Kier alpha value is -1.31. The number of hydrogen-bond acceptors (Lipinski definition) is 2. The third-order valence-electron chi connectivity index (χ3n) is 2.83. The molecule has 0 saturated carbocycles. The van der Waals surface area contributed by atoms with Crippen molar-refractivity contribution >= 4 is 5.71 Å². The van der Waals surface area contributed by atoms with E-state index in [1.165, 1.54) is 11.1 Å². The molecule has 76 valence electrons. The van der Waals surface area contributed by atoms with Gasteiger partial charge in [-0.05, 0) is 19.4 Å². The van der Waals surface area contributed by atoms with Gasteiger partial charge in [0.25, 0.3) is 0 Å². The van der Waals surface area contributed by atoms with Gasteiger partial charge in [-0.3, -0.25) is 0 Å². The highest BCUT2D eigenvalue weighted by Crippen LogP contribution is 2.25. The normalized spacial score (nSPS) is 13.0. The third-order valence-corrected chi connectivity index (χ3v) is 2.83. The van der Waals surface area contributed by atoms with Crippen molar-refractivity contribution in [2.24, 2.45) is 5.16 Å². The number of aryl methyl sites for hydroxylation is 1. The van der Waals surface area contributed by atoms with E-state index in [-0.39, 0.29) is 5.41 Å². The summed E-state index contributed by atoms with van der Waals surface area (Å²) in [6.07, 6.45) is 0. The Balaban J connectivity index is 3.10. The lowest BCUT2D eigenvalue weighted by molar-refractivity contribution is 0.314. The highest BCUT2D eigenvalue weighted by atomic mass is 16.4. The highest BCUT2D eigenvalue weighted by Gasteiger charge is 2.24. The van der Waals surface area contributed by atoms with Crippen LogP contribution >= 0.6 is 0 Å². The van der Waals surface area contributed by atoms with Gasteiger partial charge in [0.15, 0.2) is 0 Å². The maximum atomic E-state index is 8.77. The minimum Gasteiger partial charge on any atom is -0.411 e. The molecule has 0 radical (unpaired) electrons. The summed E-state index contributed by atoms with van der Waals surface area (Å²) in [7, 11) is 0. The smallest absolute Gasteiger partial charge is 0.0639 e. The second kappa shape index (κ2) is 3.82. The van der Waals surface area contributed by atoms with Crippen LogP contribution < -0.4 is 0 Å². The summed E-state index contributed by atoms with van der Waals surface area (Å²) in [5, 5.41) is 12.0. The highest BCUT2D eigenvalue weighted by molar-refractivity contribution is 5.91. The first kappa shape index (κ1) is 10.8. The topological polar surface area (TPSA) is 32.6 Å². The molecule has 2 nitrogen and oxygen atoms in total. The minimum absolute atomic E-state index is 0.206. The van der Waals surface area contributed by atoms with Crippen LogP contribution in [0.15, 0.2) is 29.4 Å². The van der Waals surface area contributed by atoms with E-state index >= 15 is 0 Å². The Kier molecular flexibility index (Phi) is 2.94. The summed E-state index contributed by atoms with van der Waals surface area (Å²) >= 11 is 0. The first-order valence-electron chi connectivity index (χ1n) is 4.74. The van der Waals surface area contributed by atoms with Gasteiger partial charge in [-0.15, -0.1) is 0 Å². The molecule has 0 atom stereocenters. The molecule has 0 spiro atoms. The Bertz CT molecular complexity index is 336. The maximum Gasteiger partial charge on any atom is 0.0639 e. The molecular weight excluding hydrogens is 174 g/mol. The van der Waals surface area contributed by atoms with Crippen LogP contribution in [0.3, 0.4) is 0 Å². The van der Waals surface area contributed by atoms with E-state index in [2.05, 4.69) is 36.3 Å². The fraction of sp³-hybridized carbons (Fsp3) is 0.417. The number of nitrogens with zero attached hydrogens (tertiary/aromatic N) is 1. The van der Waals surface area contributed by atoms with Crippen molar-refractivity contribution < 1.29 is 5.21 Å². The number of rotatable bonds is 2. The number of oxime groups is 1. The average Bonchev–Trinajstić information content (AvgIpc) is 2.17. The van der Waals surface area contributed by atoms with Crippen molar-refractivity contribution in [3.8, 4) is 0 Å². The van der Waals surface area contributed by atoms with E-state index in [1.54, 1.807) is 0 Å². The molecule has 0 heterocycles. The summed E-state index contributed by atoms with van der Waals surface area (Å²) < 4.78 is 0. The quantitative estimate of drug-likeness (QED) is 0.435. The molecule has 0 fully saturated rings. The molecule has 1 rings (SSSR count). The van der Waals surface area contributed by atoms with Crippen molar-refractivity contribution in [1.82, 2.24) is 0 Å². The molecular formula is C12H17NO. The van der Waals surface area contributed by atoms with Crippen LogP contribution in [0.2, 0.25) is 0 Å². The summed E-state index contributed by atoms with van der Waals surface area (Å²) in [5.41, 5.74) is 2.92. The molecule has 0 saturated heterocycles. The molecule has 1 aromatic rings. The van der Waals surface area contributed by atoms with Gasteiger partial charge in [0.1, 0.15) is 0 Å². The molecule has 0 amide bonds. The van der Waals surface area contributed by atoms with Crippen LogP contribution in [0.5, 0.6) is 0 Å². The van der Waals surface area contributed by atoms with Crippen LogP contribution in [0.25, 0.3) is 0 Å². The molecule has 1 N–H and O–H groups in total. The molecule has 0 unspecified atom stereocenters. The zero-order valence-corrected chi connectivity index (χ0v) is 9.20. The molecule has 0 bridgehead atoms. The van der Waals surface area contributed by atoms with Crippen LogP contribution in [0.4, 0.5) is 0 Å². The second-order valence-corrected chi connectivity index (χ2v) is 4.18. The van der Waals surface area contributed by atoms with Crippen molar-refractivity contribution in [1.29, 1.82) is 0 Å². The first-order chi connectivity index (χ1) is 6.48. The van der Waals surface area contributed by atoms with E-state index in [0.717, 1.165) is 5.71 Å². The lowest BCUT2D eigenvalue weighted by atomic mass is 9.80. The van der Waals surface area contributed by atoms with Gasteiger partial charge in [0.05, 0.1) is 5.71 Å². The van der Waals surface area contributed by atoms with E-state index in [9.17, 15) is 0 Å². The van der Waals surface area contributed by atoms with E-state index in [1.807, 2.05) is 20.8 Å². The minimum atomic E-state index is -0.206. The van der Waals surface area contributed by atoms with Gasteiger partial charge in [0, 0.05) is 5.41 Å².